The van der Waals surface area contributed by atoms with Gasteiger partial charge in [0.05, 0.1) is 19.3 Å². The van der Waals surface area contributed by atoms with Crippen molar-refractivity contribution < 1.29 is 19.8 Å². The minimum atomic E-state index is -1.16. The second kappa shape index (κ2) is 6.10. The van der Waals surface area contributed by atoms with Crippen LogP contribution in [0.2, 0.25) is 0 Å². The summed E-state index contributed by atoms with van der Waals surface area (Å²) in [6, 6.07) is -1.15. The number of likely N-dealkylation sites (N-methyl/N-ethyl adjacent to an activating group) is 1. The zero-order valence-electron chi connectivity index (χ0n) is 10.3. The Kier molecular flexibility index (Phi) is 4.78. The lowest BCUT2D eigenvalue weighted by molar-refractivity contribution is -0.149. The highest BCUT2D eigenvalue weighted by Gasteiger charge is 2.30. The predicted octanol–water partition coefficient (Wildman–Crippen LogP) is -0.735. The van der Waals surface area contributed by atoms with E-state index in [-0.39, 0.29) is 31.3 Å². The molecule has 8 heteroatoms. The van der Waals surface area contributed by atoms with Gasteiger partial charge in [-0.1, -0.05) is 5.21 Å². The van der Waals surface area contributed by atoms with Crippen molar-refractivity contribution in [1.82, 2.24) is 19.9 Å². The quantitative estimate of drug-likeness (QED) is 0.694. The van der Waals surface area contributed by atoms with E-state index in [2.05, 4.69) is 10.3 Å². The Morgan fingerprint density at radius 1 is 1.56 bits per heavy atom. The van der Waals surface area contributed by atoms with E-state index >= 15 is 0 Å². The van der Waals surface area contributed by atoms with Crippen molar-refractivity contribution in [3.8, 4) is 0 Å². The van der Waals surface area contributed by atoms with E-state index in [1.807, 2.05) is 0 Å². The molecule has 0 aliphatic carbocycles. The molecule has 0 spiro atoms. The van der Waals surface area contributed by atoms with E-state index in [1.54, 1.807) is 6.92 Å². The van der Waals surface area contributed by atoms with E-state index in [0.717, 1.165) is 0 Å². The Morgan fingerprint density at radius 2 is 2.22 bits per heavy atom. The Balaban J connectivity index is 3.03. The molecule has 0 saturated carbocycles. The number of hydrogen-bond acceptors (Lipinski definition) is 5. The van der Waals surface area contributed by atoms with Crippen LogP contribution in [0, 0.1) is 0 Å². The van der Waals surface area contributed by atoms with Gasteiger partial charge in [0, 0.05) is 13.5 Å². The molecule has 100 valence electrons. The molecule has 0 aliphatic heterocycles. The van der Waals surface area contributed by atoms with Crippen LogP contribution in [0.5, 0.6) is 0 Å². The van der Waals surface area contributed by atoms with Gasteiger partial charge >= 0.3 is 5.97 Å². The predicted molar refractivity (Wildman–Crippen MR) is 60.5 cm³/mol. The number of aliphatic hydroxyl groups excluding tert-OH is 1. The third-order valence-electron chi connectivity index (χ3n) is 2.46. The first-order valence-corrected chi connectivity index (χ1v) is 5.52. The van der Waals surface area contributed by atoms with Gasteiger partial charge < -0.3 is 15.1 Å². The van der Waals surface area contributed by atoms with Crippen molar-refractivity contribution >= 4 is 11.9 Å². The molecule has 0 aromatic carbocycles. The molecule has 1 unspecified atom stereocenters. The number of carboxylic acids is 1. The fourth-order valence-corrected chi connectivity index (χ4v) is 1.66. The van der Waals surface area contributed by atoms with Crippen LogP contribution in [0.4, 0.5) is 0 Å². The van der Waals surface area contributed by atoms with Crippen LogP contribution >= 0.6 is 0 Å². The number of carbonyl (C=O) groups excluding carboxylic acids is 1. The molecule has 1 aromatic heterocycles. The molecule has 0 saturated heterocycles. The van der Waals surface area contributed by atoms with Crippen LogP contribution in [-0.4, -0.2) is 55.1 Å². The van der Waals surface area contributed by atoms with Crippen molar-refractivity contribution in [3.05, 3.63) is 11.9 Å². The van der Waals surface area contributed by atoms with E-state index in [1.165, 1.54) is 22.7 Å². The van der Waals surface area contributed by atoms with E-state index in [4.69, 9.17) is 5.11 Å². The van der Waals surface area contributed by atoms with Crippen LogP contribution in [0.1, 0.15) is 25.6 Å². The van der Waals surface area contributed by atoms with Crippen LogP contribution < -0.4 is 0 Å². The third-order valence-corrected chi connectivity index (χ3v) is 2.46. The number of aromatic nitrogens is 3. The molecule has 0 aliphatic rings. The van der Waals surface area contributed by atoms with Crippen LogP contribution in [0.15, 0.2) is 6.20 Å². The average Bonchev–Trinajstić information content (AvgIpc) is 2.73. The van der Waals surface area contributed by atoms with Crippen molar-refractivity contribution in [1.29, 1.82) is 0 Å². The monoisotopic (exact) mass is 256 g/mol. The summed E-state index contributed by atoms with van der Waals surface area (Å²) >= 11 is 0. The number of rotatable bonds is 6. The Labute approximate surface area is 104 Å². The van der Waals surface area contributed by atoms with Crippen LogP contribution in [0.25, 0.3) is 0 Å². The lowest BCUT2D eigenvalue weighted by atomic mass is 10.2. The first kappa shape index (κ1) is 14.1. The lowest BCUT2D eigenvalue weighted by Gasteiger charge is -2.24. The first-order valence-electron chi connectivity index (χ1n) is 5.52. The van der Waals surface area contributed by atoms with E-state index < -0.39 is 12.0 Å². The molecule has 0 fully saturated rings. The van der Waals surface area contributed by atoms with Gasteiger partial charge in [-0.25, -0.2) is 9.48 Å². The van der Waals surface area contributed by atoms with Gasteiger partial charge in [-0.2, -0.15) is 0 Å². The molecule has 1 amide bonds. The van der Waals surface area contributed by atoms with Crippen LogP contribution in [-0.2, 0) is 16.1 Å². The molecule has 2 N–H and O–H groups in total. The molecule has 1 heterocycles. The molecule has 0 bridgehead atoms. The summed E-state index contributed by atoms with van der Waals surface area (Å²) in [5.74, 6) is -1.51. The number of carboxylic acid groups (broad SMARTS) is 1. The number of aliphatic hydroxyl groups is 1. The second-order valence-corrected chi connectivity index (χ2v) is 3.68. The first-order chi connectivity index (χ1) is 8.51. The van der Waals surface area contributed by atoms with Crippen molar-refractivity contribution in [2.75, 3.05) is 13.2 Å². The van der Waals surface area contributed by atoms with Gasteiger partial charge in [0.2, 0.25) is 5.91 Å². The van der Waals surface area contributed by atoms with Crippen molar-refractivity contribution in [2.45, 2.75) is 26.4 Å². The third kappa shape index (κ3) is 3.04. The fraction of sp³-hybridized carbons (Fsp3) is 0.600. The Hall–Kier alpha value is -1.96. The zero-order valence-corrected chi connectivity index (χ0v) is 10.3. The smallest absolute Gasteiger partial charge is 0.332 e. The van der Waals surface area contributed by atoms with Crippen molar-refractivity contribution in [2.24, 2.45) is 0 Å². The topological polar surface area (TPSA) is 109 Å². The largest absolute Gasteiger partial charge is 0.479 e. The SMILES string of the molecule is CCN(C(C)=O)C(C(=O)O)c1cn(CCO)nn1. The van der Waals surface area contributed by atoms with Gasteiger partial charge in [0.15, 0.2) is 6.04 Å². The summed E-state index contributed by atoms with van der Waals surface area (Å²) in [5.41, 5.74) is 0.174. The lowest BCUT2D eigenvalue weighted by Crippen LogP contribution is -2.37. The molecule has 0 radical (unpaired) electrons. The molecule has 1 atom stereocenters. The standard InChI is InChI=1S/C10H16N4O4/c1-3-14(7(2)16)9(10(17)18)8-6-13(4-5-15)12-11-8/h6,9,15H,3-5H2,1-2H3,(H,17,18). The summed E-state index contributed by atoms with van der Waals surface area (Å²) in [7, 11) is 0. The van der Waals surface area contributed by atoms with Gasteiger partial charge in [-0.05, 0) is 6.92 Å². The Bertz CT molecular complexity index is 431. The maximum atomic E-state index is 11.4. The summed E-state index contributed by atoms with van der Waals surface area (Å²) in [5, 5.41) is 25.4. The average molecular weight is 256 g/mol. The van der Waals surface area contributed by atoms with E-state index in [0.29, 0.717) is 0 Å². The highest BCUT2D eigenvalue weighted by atomic mass is 16.4. The molecule has 1 aromatic rings. The van der Waals surface area contributed by atoms with Gasteiger partial charge in [0.25, 0.3) is 0 Å². The fourth-order valence-electron chi connectivity index (χ4n) is 1.66. The zero-order chi connectivity index (χ0) is 13.7. The molecular formula is C10H16N4O4. The summed E-state index contributed by atoms with van der Waals surface area (Å²) in [6.07, 6.45) is 1.42. The molecule has 8 nitrogen and oxygen atoms in total. The van der Waals surface area contributed by atoms with E-state index in [9.17, 15) is 14.7 Å². The van der Waals surface area contributed by atoms with Gasteiger partial charge in [0.1, 0.15) is 5.69 Å². The van der Waals surface area contributed by atoms with Crippen molar-refractivity contribution in [3.63, 3.8) is 0 Å². The number of hydrogen-bond donors (Lipinski definition) is 2. The minimum Gasteiger partial charge on any atom is -0.479 e. The number of amides is 1. The Morgan fingerprint density at radius 3 is 2.67 bits per heavy atom. The normalized spacial score (nSPS) is 12.2. The number of aliphatic carboxylic acids is 1. The summed E-state index contributed by atoms with van der Waals surface area (Å²) in [4.78, 5) is 23.8. The summed E-state index contributed by atoms with van der Waals surface area (Å²) < 4.78 is 1.33. The molecule has 1 rings (SSSR count). The maximum Gasteiger partial charge on any atom is 0.332 e. The number of carbonyl (C=O) groups is 2. The van der Waals surface area contributed by atoms with Gasteiger partial charge in [-0.3, -0.25) is 4.79 Å². The molecule has 18 heavy (non-hydrogen) atoms. The minimum absolute atomic E-state index is 0.120. The van der Waals surface area contributed by atoms with Gasteiger partial charge in [-0.15, -0.1) is 5.10 Å². The van der Waals surface area contributed by atoms with Crippen LogP contribution in [0.3, 0.4) is 0 Å². The second-order valence-electron chi connectivity index (χ2n) is 3.68. The maximum absolute atomic E-state index is 11.4. The molecular weight excluding hydrogens is 240 g/mol. The highest BCUT2D eigenvalue weighted by molar-refractivity contribution is 5.82. The summed E-state index contributed by atoms with van der Waals surface area (Å²) in [6.45, 7) is 3.36. The number of nitrogens with zero attached hydrogens (tertiary/aromatic N) is 4. The highest BCUT2D eigenvalue weighted by Crippen LogP contribution is 2.18.